The molecule has 0 spiro atoms. The van der Waals surface area contributed by atoms with Gasteiger partial charge in [-0.15, -0.1) is 0 Å². The lowest BCUT2D eigenvalue weighted by Crippen LogP contribution is -2.07. The Morgan fingerprint density at radius 2 is 1.93 bits per heavy atom. The van der Waals surface area contributed by atoms with Crippen molar-refractivity contribution in [2.75, 3.05) is 19.0 Å². The molecule has 0 aliphatic carbocycles. The van der Waals surface area contributed by atoms with E-state index in [2.05, 4.69) is 0 Å². The quantitative estimate of drug-likeness (QED) is 0.696. The van der Waals surface area contributed by atoms with Crippen LogP contribution in [0.25, 0.3) is 6.08 Å². The lowest BCUT2D eigenvalue weighted by molar-refractivity contribution is 1.13. The van der Waals surface area contributed by atoms with Crippen molar-refractivity contribution in [3.05, 3.63) is 34.9 Å². The van der Waals surface area contributed by atoms with Gasteiger partial charge in [-0.25, -0.2) is 0 Å². The number of anilines is 1. The molecule has 0 N–H and O–H groups in total. The summed E-state index contributed by atoms with van der Waals surface area (Å²) in [6, 6.07) is 9.68. The molecular formula is C11H11ClN2. The SMILES string of the molecule is CN(C)c1ccc(C=C(Cl)C#N)cc1. The van der Waals surface area contributed by atoms with Crippen LogP contribution in [0, 0.1) is 11.3 Å². The zero-order chi connectivity index (χ0) is 10.6. The third-order valence-corrected chi connectivity index (χ3v) is 2.00. The van der Waals surface area contributed by atoms with Gasteiger partial charge in [-0.3, -0.25) is 0 Å². The number of benzene rings is 1. The summed E-state index contributed by atoms with van der Waals surface area (Å²) in [6.07, 6.45) is 1.64. The molecule has 1 aromatic rings. The first-order valence-corrected chi connectivity index (χ1v) is 4.56. The van der Waals surface area contributed by atoms with Crippen molar-refractivity contribution in [2.45, 2.75) is 0 Å². The standard InChI is InChI=1S/C11H11ClN2/c1-14(2)11-5-3-9(4-6-11)7-10(12)8-13/h3-7H,1-2H3. The molecule has 2 nitrogen and oxygen atoms in total. The Morgan fingerprint density at radius 3 is 2.36 bits per heavy atom. The number of hydrogen-bond donors (Lipinski definition) is 0. The highest BCUT2D eigenvalue weighted by Gasteiger charge is 1.95. The van der Waals surface area contributed by atoms with E-state index in [0.29, 0.717) is 0 Å². The molecule has 3 heteroatoms. The van der Waals surface area contributed by atoms with Gasteiger partial charge in [0.05, 0.1) is 0 Å². The molecule has 0 aliphatic rings. The number of nitrogens with zero attached hydrogens (tertiary/aromatic N) is 2. The summed E-state index contributed by atoms with van der Waals surface area (Å²) in [5.74, 6) is 0. The van der Waals surface area contributed by atoms with Gasteiger partial charge in [0.2, 0.25) is 0 Å². The Morgan fingerprint density at radius 1 is 1.36 bits per heavy atom. The van der Waals surface area contributed by atoms with E-state index in [1.165, 1.54) is 0 Å². The fraction of sp³-hybridized carbons (Fsp3) is 0.182. The lowest BCUT2D eigenvalue weighted by Gasteiger charge is -2.11. The molecule has 1 aromatic carbocycles. The minimum absolute atomic E-state index is 0.197. The van der Waals surface area contributed by atoms with Crippen molar-refractivity contribution in [1.82, 2.24) is 0 Å². The summed E-state index contributed by atoms with van der Waals surface area (Å²) in [4.78, 5) is 2.01. The van der Waals surface area contributed by atoms with E-state index in [0.717, 1.165) is 11.3 Å². The fourth-order valence-electron chi connectivity index (χ4n) is 1.05. The van der Waals surface area contributed by atoms with E-state index in [4.69, 9.17) is 16.9 Å². The zero-order valence-corrected chi connectivity index (χ0v) is 8.92. The molecule has 0 amide bonds. The van der Waals surface area contributed by atoms with E-state index in [-0.39, 0.29) is 5.03 Å². The monoisotopic (exact) mass is 206 g/mol. The molecule has 0 fully saturated rings. The fourth-order valence-corrected chi connectivity index (χ4v) is 1.17. The van der Waals surface area contributed by atoms with Crippen LogP contribution < -0.4 is 4.90 Å². The van der Waals surface area contributed by atoms with Gasteiger partial charge < -0.3 is 4.90 Å². The molecule has 0 saturated carbocycles. The van der Waals surface area contributed by atoms with Crippen LogP contribution in [0.3, 0.4) is 0 Å². The highest BCUT2D eigenvalue weighted by molar-refractivity contribution is 6.33. The van der Waals surface area contributed by atoms with E-state index in [1.54, 1.807) is 6.08 Å². The highest BCUT2D eigenvalue weighted by Crippen LogP contribution is 2.15. The number of halogens is 1. The topological polar surface area (TPSA) is 27.0 Å². The lowest BCUT2D eigenvalue weighted by atomic mass is 10.2. The largest absolute Gasteiger partial charge is 0.378 e. The van der Waals surface area contributed by atoms with E-state index in [1.807, 2.05) is 49.3 Å². The molecule has 0 saturated heterocycles. The Bertz CT molecular complexity index is 371. The van der Waals surface area contributed by atoms with Crippen LogP contribution in [0.15, 0.2) is 29.3 Å². The molecule has 0 heterocycles. The smallest absolute Gasteiger partial charge is 0.118 e. The van der Waals surface area contributed by atoms with Crippen molar-refractivity contribution in [3.8, 4) is 6.07 Å². The molecule has 0 unspecified atom stereocenters. The van der Waals surface area contributed by atoms with E-state index >= 15 is 0 Å². The van der Waals surface area contributed by atoms with Crippen molar-refractivity contribution in [1.29, 1.82) is 5.26 Å². The summed E-state index contributed by atoms with van der Waals surface area (Å²) in [7, 11) is 3.96. The van der Waals surface area contributed by atoms with Gasteiger partial charge in [-0.1, -0.05) is 23.7 Å². The third kappa shape index (κ3) is 2.79. The Labute approximate surface area is 89.0 Å². The molecular weight excluding hydrogens is 196 g/mol. The maximum atomic E-state index is 8.48. The summed E-state index contributed by atoms with van der Waals surface area (Å²) in [5, 5.41) is 8.68. The van der Waals surface area contributed by atoms with Gasteiger partial charge in [0.25, 0.3) is 0 Å². The van der Waals surface area contributed by atoms with Gasteiger partial charge >= 0.3 is 0 Å². The van der Waals surface area contributed by atoms with E-state index < -0.39 is 0 Å². The van der Waals surface area contributed by atoms with Crippen LogP contribution in [-0.4, -0.2) is 14.1 Å². The Hall–Kier alpha value is -1.46. The van der Waals surface area contributed by atoms with Crippen LogP contribution >= 0.6 is 11.6 Å². The molecule has 0 aliphatic heterocycles. The maximum absolute atomic E-state index is 8.48. The van der Waals surface area contributed by atoms with Crippen molar-refractivity contribution >= 4 is 23.4 Å². The van der Waals surface area contributed by atoms with Gasteiger partial charge in [0, 0.05) is 19.8 Å². The predicted octanol–water partition coefficient (Wildman–Crippen LogP) is 2.86. The molecule has 0 bridgehead atoms. The van der Waals surface area contributed by atoms with Crippen molar-refractivity contribution in [2.24, 2.45) is 0 Å². The summed E-state index contributed by atoms with van der Waals surface area (Å²) in [5.41, 5.74) is 2.05. The number of nitriles is 1. The second kappa shape index (κ2) is 4.69. The van der Waals surface area contributed by atoms with Crippen molar-refractivity contribution in [3.63, 3.8) is 0 Å². The van der Waals surface area contributed by atoms with Gasteiger partial charge in [-0.2, -0.15) is 5.26 Å². The summed E-state index contributed by atoms with van der Waals surface area (Å²) >= 11 is 5.59. The first-order chi connectivity index (χ1) is 6.63. The average molecular weight is 207 g/mol. The Kier molecular flexibility index (Phi) is 3.55. The van der Waals surface area contributed by atoms with E-state index in [9.17, 15) is 0 Å². The van der Waals surface area contributed by atoms with Crippen LogP contribution in [0.4, 0.5) is 5.69 Å². The second-order valence-corrected chi connectivity index (χ2v) is 3.50. The average Bonchev–Trinajstić information content (AvgIpc) is 2.18. The predicted molar refractivity (Wildman–Crippen MR) is 60.2 cm³/mol. The number of rotatable bonds is 2. The molecule has 14 heavy (non-hydrogen) atoms. The van der Waals surface area contributed by atoms with Crippen LogP contribution in [0.1, 0.15) is 5.56 Å². The summed E-state index contributed by atoms with van der Waals surface area (Å²) in [6.45, 7) is 0. The van der Waals surface area contributed by atoms with Crippen molar-refractivity contribution < 1.29 is 0 Å². The molecule has 72 valence electrons. The third-order valence-electron chi connectivity index (χ3n) is 1.81. The first-order valence-electron chi connectivity index (χ1n) is 4.18. The Balaban J connectivity index is 2.90. The molecule has 0 atom stereocenters. The highest BCUT2D eigenvalue weighted by atomic mass is 35.5. The van der Waals surface area contributed by atoms with Crippen LogP contribution in [0.2, 0.25) is 0 Å². The van der Waals surface area contributed by atoms with Gasteiger partial charge in [-0.05, 0) is 23.8 Å². The normalized spacial score (nSPS) is 10.9. The number of hydrogen-bond acceptors (Lipinski definition) is 2. The van der Waals surface area contributed by atoms with Crippen LogP contribution in [0.5, 0.6) is 0 Å². The second-order valence-electron chi connectivity index (χ2n) is 3.09. The molecule has 0 aromatic heterocycles. The zero-order valence-electron chi connectivity index (χ0n) is 8.16. The first kappa shape index (κ1) is 10.6. The van der Waals surface area contributed by atoms with Gasteiger partial charge in [0.1, 0.15) is 11.1 Å². The molecule has 1 rings (SSSR count). The summed E-state index contributed by atoms with van der Waals surface area (Å²) < 4.78 is 0. The number of allylic oxidation sites excluding steroid dienone is 1. The maximum Gasteiger partial charge on any atom is 0.118 e. The van der Waals surface area contributed by atoms with Crippen LogP contribution in [-0.2, 0) is 0 Å². The minimum Gasteiger partial charge on any atom is -0.378 e. The minimum atomic E-state index is 0.197. The molecule has 0 radical (unpaired) electrons. The van der Waals surface area contributed by atoms with Gasteiger partial charge in [0.15, 0.2) is 0 Å².